The largest absolute Gasteiger partial charge is 0.459 e. The van der Waals surface area contributed by atoms with Gasteiger partial charge in [0.05, 0.1) is 5.92 Å². The lowest BCUT2D eigenvalue weighted by Gasteiger charge is -2.33. The maximum absolute atomic E-state index is 12.2. The number of carbonyl (C=O) groups is 1. The third-order valence-electron chi connectivity index (χ3n) is 3.58. The third kappa shape index (κ3) is 13.1. The molecule has 0 amide bonds. The number of esters is 1. The molecule has 134 valence electrons. The van der Waals surface area contributed by atoms with Crippen molar-refractivity contribution >= 4 is 5.97 Å². The molecule has 0 bridgehead atoms. The maximum Gasteiger partial charge on any atom is 0.309 e. The molecule has 0 spiro atoms. The summed E-state index contributed by atoms with van der Waals surface area (Å²) in [7, 11) is 0. The molecule has 0 fully saturated rings. The smallest absolute Gasteiger partial charge is 0.309 e. The molecule has 1 unspecified atom stereocenters. The zero-order valence-electron chi connectivity index (χ0n) is 16.4. The first-order chi connectivity index (χ1) is 10.6. The van der Waals surface area contributed by atoms with Crippen LogP contribution in [0.3, 0.4) is 0 Å². The van der Waals surface area contributed by atoms with Crippen LogP contribution in [0, 0.1) is 11.3 Å². The lowest BCUT2D eigenvalue weighted by Crippen LogP contribution is -2.34. The van der Waals surface area contributed by atoms with E-state index in [0.717, 1.165) is 38.5 Å². The summed E-state index contributed by atoms with van der Waals surface area (Å²) in [6.07, 6.45) is 14.7. The van der Waals surface area contributed by atoms with Gasteiger partial charge in [-0.1, -0.05) is 58.9 Å². The second-order valence-corrected chi connectivity index (χ2v) is 8.34. The van der Waals surface area contributed by atoms with Crippen molar-refractivity contribution in [2.75, 3.05) is 0 Å². The van der Waals surface area contributed by atoms with Crippen molar-refractivity contribution < 1.29 is 9.53 Å². The Hall–Kier alpha value is -1.05. The number of allylic oxidation sites excluding steroid dienone is 4. The van der Waals surface area contributed by atoms with Gasteiger partial charge < -0.3 is 4.74 Å². The average Bonchev–Trinajstić information content (AvgIpc) is 2.38. The van der Waals surface area contributed by atoms with Crippen LogP contribution in [0.4, 0.5) is 0 Å². The monoisotopic (exact) mass is 322 g/mol. The van der Waals surface area contributed by atoms with E-state index in [1.165, 1.54) is 0 Å². The van der Waals surface area contributed by atoms with Crippen molar-refractivity contribution in [1.29, 1.82) is 0 Å². The van der Waals surface area contributed by atoms with Crippen LogP contribution in [0.25, 0.3) is 0 Å². The van der Waals surface area contributed by atoms with Gasteiger partial charge in [-0.05, 0) is 57.8 Å². The predicted molar refractivity (Wildman–Crippen MR) is 100 cm³/mol. The van der Waals surface area contributed by atoms with Crippen LogP contribution in [0.5, 0.6) is 0 Å². The Kier molecular flexibility index (Phi) is 10.2. The van der Waals surface area contributed by atoms with E-state index in [4.69, 9.17) is 4.74 Å². The van der Waals surface area contributed by atoms with Gasteiger partial charge in [-0.2, -0.15) is 0 Å². The highest BCUT2D eigenvalue weighted by Gasteiger charge is 2.30. The summed E-state index contributed by atoms with van der Waals surface area (Å²) in [6, 6.07) is 0. The van der Waals surface area contributed by atoms with Crippen molar-refractivity contribution in [1.82, 2.24) is 0 Å². The first-order valence-corrected chi connectivity index (χ1v) is 9.10. The van der Waals surface area contributed by atoms with Crippen LogP contribution in [0.15, 0.2) is 24.3 Å². The van der Waals surface area contributed by atoms with Gasteiger partial charge in [0.25, 0.3) is 0 Å². The molecule has 0 N–H and O–H groups in total. The van der Waals surface area contributed by atoms with E-state index < -0.39 is 5.60 Å². The van der Waals surface area contributed by atoms with Crippen LogP contribution in [0.1, 0.15) is 87.0 Å². The highest BCUT2D eigenvalue weighted by molar-refractivity contribution is 5.72. The molecule has 0 saturated carbocycles. The SMILES string of the molecule is CCC=CCC=CCCCC(C)C(=O)OC(C)(C)CC(C)(C)C. The van der Waals surface area contributed by atoms with Gasteiger partial charge in [0.2, 0.25) is 0 Å². The zero-order valence-corrected chi connectivity index (χ0v) is 16.4. The molecule has 0 radical (unpaired) electrons. The summed E-state index contributed by atoms with van der Waals surface area (Å²) in [4.78, 5) is 12.2. The van der Waals surface area contributed by atoms with Crippen LogP contribution in [-0.2, 0) is 9.53 Å². The minimum Gasteiger partial charge on any atom is -0.459 e. The molecular weight excluding hydrogens is 284 g/mol. The second-order valence-electron chi connectivity index (χ2n) is 8.34. The lowest BCUT2D eigenvalue weighted by molar-refractivity contribution is -0.163. The van der Waals surface area contributed by atoms with Gasteiger partial charge >= 0.3 is 5.97 Å². The van der Waals surface area contributed by atoms with E-state index in [0.29, 0.717) is 0 Å². The molecule has 0 aliphatic rings. The number of hydrogen-bond donors (Lipinski definition) is 0. The number of hydrogen-bond acceptors (Lipinski definition) is 2. The first kappa shape index (κ1) is 21.9. The lowest BCUT2D eigenvalue weighted by atomic mass is 9.83. The first-order valence-electron chi connectivity index (χ1n) is 9.10. The zero-order chi connectivity index (χ0) is 17.9. The molecule has 1 atom stereocenters. The van der Waals surface area contributed by atoms with E-state index in [1.54, 1.807) is 0 Å². The summed E-state index contributed by atoms with van der Waals surface area (Å²) in [5.74, 6) is -0.0864. The summed E-state index contributed by atoms with van der Waals surface area (Å²) in [5, 5.41) is 0. The fourth-order valence-electron chi connectivity index (χ4n) is 2.90. The minimum atomic E-state index is -0.394. The van der Waals surface area contributed by atoms with Gasteiger partial charge in [0, 0.05) is 0 Å². The number of ether oxygens (including phenoxy) is 1. The van der Waals surface area contributed by atoms with Crippen LogP contribution in [-0.4, -0.2) is 11.6 Å². The normalized spacial score (nSPS) is 14.6. The quantitative estimate of drug-likeness (QED) is 0.262. The maximum atomic E-state index is 12.2. The minimum absolute atomic E-state index is 0.0253. The third-order valence-corrected chi connectivity index (χ3v) is 3.58. The highest BCUT2D eigenvalue weighted by Crippen LogP contribution is 2.30. The summed E-state index contributed by atoms with van der Waals surface area (Å²) >= 11 is 0. The summed E-state index contributed by atoms with van der Waals surface area (Å²) < 4.78 is 5.73. The number of unbranched alkanes of at least 4 members (excludes halogenated alkanes) is 1. The molecule has 0 aliphatic heterocycles. The number of rotatable bonds is 10. The molecule has 2 nitrogen and oxygen atoms in total. The Labute approximate surface area is 144 Å². The molecule has 0 rings (SSSR count). The Morgan fingerprint density at radius 2 is 1.65 bits per heavy atom. The molecule has 0 aliphatic carbocycles. The Morgan fingerprint density at radius 1 is 1.04 bits per heavy atom. The van der Waals surface area contributed by atoms with Gasteiger partial charge in [0.15, 0.2) is 0 Å². The van der Waals surface area contributed by atoms with E-state index in [1.807, 2.05) is 20.8 Å². The molecule has 0 aromatic rings. The van der Waals surface area contributed by atoms with Crippen molar-refractivity contribution in [3.63, 3.8) is 0 Å². The van der Waals surface area contributed by atoms with Gasteiger partial charge in [-0.25, -0.2) is 0 Å². The van der Waals surface area contributed by atoms with Crippen molar-refractivity contribution in [3.05, 3.63) is 24.3 Å². The van der Waals surface area contributed by atoms with Crippen LogP contribution in [0.2, 0.25) is 0 Å². The van der Waals surface area contributed by atoms with Gasteiger partial charge in [-0.3, -0.25) is 4.79 Å². The average molecular weight is 323 g/mol. The van der Waals surface area contributed by atoms with E-state index >= 15 is 0 Å². The summed E-state index contributed by atoms with van der Waals surface area (Å²) in [5.41, 5.74) is -0.237. The Morgan fingerprint density at radius 3 is 2.22 bits per heavy atom. The van der Waals surface area contributed by atoms with E-state index in [2.05, 4.69) is 52.0 Å². The van der Waals surface area contributed by atoms with Crippen LogP contribution >= 0.6 is 0 Å². The van der Waals surface area contributed by atoms with E-state index in [9.17, 15) is 4.79 Å². The highest BCUT2D eigenvalue weighted by atomic mass is 16.6. The second kappa shape index (κ2) is 10.7. The fourth-order valence-corrected chi connectivity index (χ4v) is 2.90. The topological polar surface area (TPSA) is 26.3 Å². The molecule has 0 heterocycles. The molecule has 0 aromatic heterocycles. The standard InChI is InChI=1S/C21H38O2/c1-8-9-10-11-12-13-14-15-16-18(2)19(22)23-21(6,7)17-20(3,4)5/h9-10,12-13,18H,8,11,14-17H2,1-7H3. The molecule has 0 aromatic carbocycles. The van der Waals surface area contributed by atoms with Gasteiger partial charge in [0.1, 0.15) is 5.60 Å². The van der Waals surface area contributed by atoms with Crippen molar-refractivity contribution in [2.45, 2.75) is 92.6 Å². The predicted octanol–water partition coefficient (Wildman–Crippen LogP) is 6.46. The van der Waals surface area contributed by atoms with Crippen LogP contribution < -0.4 is 0 Å². The summed E-state index contributed by atoms with van der Waals surface area (Å²) in [6.45, 7) is 14.7. The molecule has 2 heteroatoms. The Bertz CT molecular complexity index is 383. The van der Waals surface area contributed by atoms with Gasteiger partial charge in [-0.15, -0.1) is 0 Å². The molecule has 0 saturated heterocycles. The van der Waals surface area contributed by atoms with E-state index in [-0.39, 0.29) is 17.3 Å². The van der Waals surface area contributed by atoms with Crippen molar-refractivity contribution in [3.8, 4) is 0 Å². The Balaban J connectivity index is 4.05. The molecule has 23 heavy (non-hydrogen) atoms. The molecular formula is C21H38O2. The van der Waals surface area contributed by atoms with Crippen molar-refractivity contribution in [2.24, 2.45) is 11.3 Å². The number of carbonyl (C=O) groups excluding carboxylic acids is 1. The fraction of sp³-hybridized carbons (Fsp3) is 0.762.